The van der Waals surface area contributed by atoms with Gasteiger partial charge in [0.15, 0.2) is 4.80 Å². The van der Waals surface area contributed by atoms with E-state index < -0.39 is 27.7 Å². The summed E-state index contributed by atoms with van der Waals surface area (Å²) in [5, 5.41) is 7.03. The van der Waals surface area contributed by atoms with Crippen LogP contribution in [0.1, 0.15) is 21.5 Å². The molecule has 0 saturated heterocycles. The molecule has 0 unspecified atom stereocenters. The minimum absolute atomic E-state index is 0.0451. The van der Waals surface area contributed by atoms with Crippen molar-refractivity contribution in [1.29, 1.82) is 0 Å². The molecule has 5 aromatic rings. The molecule has 0 aliphatic carbocycles. The Hall–Kier alpha value is -4.52. The number of nitrogens with two attached hydrogens (primary N) is 1. The molecule has 0 spiro atoms. The molecule has 1 heterocycles. The summed E-state index contributed by atoms with van der Waals surface area (Å²) in [6, 6.07) is 26.1. The van der Waals surface area contributed by atoms with Gasteiger partial charge in [-0.05, 0) is 77.9 Å². The van der Waals surface area contributed by atoms with Crippen LogP contribution < -0.4 is 14.7 Å². The highest BCUT2D eigenvalue weighted by molar-refractivity contribution is 7.89. The van der Waals surface area contributed by atoms with Gasteiger partial charge < -0.3 is 9.30 Å². The van der Waals surface area contributed by atoms with Crippen molar-refractivity contribution in [2.45, 2.75) is 17.6 Å². The molecule has 5 rings (SSSR count). The number of sulfonamides is 1. The van der Waals surface area contributed by atoms with E-state index in [2.05, 4.69) is 4.99 Å². The molecule has 12 heteroatoms. The van der Waals surface area contributed by atoms with Gasteiger partial charge in [0, 0.05) is 5.38 Å². The van der Waals surface area contributed by atoms with Gasteiger partial charge in [-0.2, -0.15) is 13.2 Å². The van der Waals surface area contributed by atoms with Gasteiger partial charge in [-0.25, -0.2) is 23.3 Å². The van der Waals surface area contributed by atoms with E-state index in [0.717, 1.165) is 17.7 Å². The van der Waals surface area contributed by atoms with Gasteiger partial charge in [-0.15, -0.1) is 11.3 Å². The molecule has 0 aliphatic heterocycles. The summed E-state index contributed by atoms with van der Waals surface area (Å²) in [5.41, 5.74) is 1.86. The first-order valence-corrected chi connectivity index (χ1v) is 14.8. The average Bonchev–Trinajstić information content (AvgIpc) is 3.35. The predicted octanol–water partition coefficient (Wildman–Crippen LogP) is 6.38. The molecule has 0 atom stereocenters. The maximum Gasteiger partial charge on any atom is 0.416 e. The standard InChI is InChI=1S/C30H22F3N3O4S2/c31-30(32,33)23-7-4-8-24(17-23)35-29-36(18-20-9-15-26(16-10-20)42(34,38)39)27(19-41-29)21-11-13-25(14-12-21)40-28(37)22-5-2-1-3-6-22/h1-17,19H,18H2,(H2,34,38,39). The third-order valence-electron chi connectivity index (χ3n) is 6.16. The molecule has 0 aliphatic rings. The molecule has 0 radical (unpaired) electrons. The van der Waals surface area contributed by atoms with Crippen molar-refractivity contribution in [2.75, 3.05) is 0 Å². The van der Waals surface area contributed by atoms with E-state index in [9.17, 15) is 26.4 Å². The molecule has 2 N–H and O–H groups in total. The van der Waals surface area contributed by atoms with Crippen LogP contribution in [-0.2, 0) is 22.7 Å². The second-order valence-electron chi connectivity index (χ2n) is 9.12. The number of esters is 1. The summed E-state index contributed by atoms with van der Waals surface area (Å²) < 4.78 is 70.5. The van der Waals surface area contributed by atoms with Gasteiger partial charge in [-0.1, -0.05) is 36.4 Å². The molecule has 0 saturated carbocycles. The fraction of sp³-hybridized carbons (Fsp3) is 0.0667. The Balaban J connectivity index is 1.52. The largest absolute Gasteiger partial charge is 0.423 e. The number of hydrogen-bond acceptors (Lipinski definition) is 6. The monoisotopic (exact) mass is 609 g/mol. The lowest BCUT2D eigenvalue weighted by atomic mass is 10.1. The number of carbonyl (C=O) groups excluding carboxylic acids is 1. The Morgan fingerprint density at radius 2 is 1.60 bits per heavy atom. The van der Waals surface area contributed by atoms with Crippen molar-refractivity contribution in [3.63, 3.8) is 0 Å². The Morgan fingerprint density at radius 1 is 0.905 bits per heavy atom. The van der Waals surface area contributed by atoms with E-state index in [4.69, 9.17) is 9.88 Å². The lowest BCUT2D eigenvalue weighted by Gasteiger charge is -2.11. The van der Waals surface area contributed by atoms with Crippen LogP contribution in [0.15, 0.2) is 118 Å². The van der Waals surface area contributed by atoms with E-state index in [1.807, 2.05) is 9.95 Å². The first-order valence-electron chi connectivity index (χ1n) is 12.4. The lowest BCUT2D eigenvalue weighted by Crippen LogP contribution is -2.17. The number of primary sulfonamides is 1. The maximum absolute atomic E-state index is 13.3. The molecule has 0 fully saturated rings. The summed E-state index contributed by atoms with van der Waals surface area (Å²) in [6.07, 6.45) is -4.51. The molecular weight excluding hydrogens is 587 g/mol. The molecule has 214 valence electrons. The van der Waals surface area contributed by atoms with E-state index in [0.29, 0.717) is 27.4 Å². The zero-order valence-corrected chi connectivity index (χ0v) is 23.3. The fourth-order valence-corrected chi connectivity index (χ4v) is 5.51. The molecule has 0 amide bonds. The third-order valence-corrected chi connectivity index (χ3v) is 7.95. The van der Waals surface area contributed by atoms with Crippen LogP contribution in [0.5, 0.6) is 5.75 Å². The second kappa shape index (κ2) is 11.8. The summed E-state index contributed by atoms with van der Waals surface area (Å²) in [6.45, 7) is 0.228. The van der Waals surface area contributed by atoms with Crippen LogP contribution in [0.4, 0.5) is 18.9 Å². The van der Waals surface area contributed by atoms with Gasteiger partial charge in [0.25, 0.3) is 0 Å². The number of carbonyl (C=O) groups is 1. The topological polar surface area (TPSA) is 104 Å². The summed E-state index contributed by atoms with van der Waals surface area (Å²) >= 11 is 1.23. The number of nitrogens with zero attached hydrogens (tertiary/aromatic N) is 2. The van der Waals surface area contributed by atoms with Crippen LogP contribution in [0.3, 0.4) is 0 Å². The Kier molecular flexibility index (Phi) is 8.12. The highest BCUT2D eigenvalue weighted by Crippen LogP contribution is 2.31. The molecule has 0 bridgehead atoms. The normalized spacial score (nSPS) is 12.3. The van der Waals surface area contributed by atoms with Gasteiger partial charge in [0.05, 0.1) is 33.9 Å². The SMILES string of the molecule is NS(=O)(=O)c1ccc(Cn2c(-c3ccc(OC(=O)c4ccccc4)cc3)csc2=Nc2cccc(C(F)(F)F)c2)cc1. The highest BCUT2D eigenvalue weighted by atomic mass is 32.2. The molecule has 7 nitrogen and oxygen atoms in total. The zero-order valence-electron chi connectivity index (χ0n) is 21.7. The Bertz CT molecular complexity index is 1900. The van der Waals surface area contributed by atoms with Gasteiger partial charge >= 0.3 is 12.1 Å². The minimum Gasteiger partial charge on any atom is -0.423 e. The third kappa shape index (κ3) is 6.85. The quantitative estimate of drug-likeness (QED) is 0.171. The number of aromatic nitrogens is 1. The van der Waals surface area contributed by atoms with Crippen LogP contribution >= 0.6 is 11.3 Å². The number of ether oxygens (including phenoxy) is 1. The van der Waals surface area contributed by atoms with E-state index in [-0.39, 0.29) is 17.1 Å². The van der Waals surface area contributed by atoms with Crippen molar-refractivity contribution < 1.29 is 31.1 Å². The number of benzene rings is 4. The van der Waals surface area contributed by atoms with Gasteiger partial charge in [-0.3, -0.25) is 0 Å². The molecule has 42 heavy (non-hydrogen) atoms. The smallest absolute Gasteiger partial charge is 0.416 e. The first kappa shape index (κ1) is 29.0. The Labute approximate surface area is 243 Å². The predicted molar refractivity (Wildman–Crippen MR) is 153 cm³/mol. The minimum atomic E-state index is -4.51. The summed E-state index contributed by atoms with van der Waals surface area (Å²) in [4.78, 5) is 17.3. The first-order chi connectivity index (χ1) is 20.0. The van der Waals surface area contributed by atoms with Crippen LogP contribution in [0.2, 0.25) is 0 Å². The van der Waals surface area contributed by atoms with Gasteiger partial charge in [0.2, 0.25) is 10.0 Å². The molecule has 4 aromatic carbocycles. The Morgan fingerprint density at radius 3 is 2.24 bits per heavy atom. The van der Waals surface area contributed by atoms with E-state index in [1.54, 1.807) is 66.7 Å². The number of alkyl halides is 3. The van der Waals surface area contributed by atoms with Crippen LogP contribution in [-0.4, -0.2) is 19.0 Å². The zero-order chi connectivity index (χ0) is 29.9. The number of thiazole rings is 1. The van der Waals surface area contributed by atoms with Crippen molar-refractivity contribution in [1.82, 2.24) is 4.57 Å². The fourth-order valence-electron chi connectivity index (χ4n) is 4.07. The molecular formula is C30H22F3N3O4S2. The number of halogens is 3. The highest BCUT2D eigenvalue weighted by Gasteiger charge is 2.30. The van der Waals surface area contributed by atoms with Crippen molar-refractivity contribution in [3.8, 4) is 17.0 Å². The average molecular weight is 610 g/mol. The van der Waals surface area contributed by atoms with E-state index in [1.165, 1.54) is 35.6 Å². The van der Waals surface area contributed by atoms with Crippen molar-refractivity contribution in [2.24, 2.45) is 10.1 Å². The maximum atomic E-state index is 13.3. The van der Waals surface area contributed by atoms with Crippen LogP contribution in [0.25, 0.3) is 11.3 Å². The second-order valence-corrected chi connectivity index (χ2v) is 11.5. The van der Waals surface area contributed by atoms with Gasteiger partial charge in [0.1, 0.15) is 5.75 Å². The van der Waals surface area contributed by atoms with Crippen molar-refractivity contribution >= 4 is 33.0 Å². The van der Waals surface area contributed by atoms with Crippen LogP contribution in [0, 0.1) is 0 Å². The number of hydrogen-bond donors (Lipinski definition) is 1. The van der Waals surface area contributed by atoms with Crippen molar-refractivity contribution in [3.05, 3.63) is 130 Å². The molecule has 1 aromatic heterocycles. The lowest BCUT2D eigenvalue weighted by molar-refractivity contribution is -0.137. The number of rotatable bonds is 7. The van der Waals surface area contributed by atoms with E-state index >= 15 is 0 Å². The summed E-state index contributed by atoms with van der Waals surface area (Å²) in [5.74, 6) is -0.166. The summed E-state index contributed by atoms with van der Waals surface area (Å²) in [7, 11) is -3.88.